The smallest absolute Gasteiger partial charge is 0.323 e. The van der Waals surface area contributed by atoms with E-state index in [9.17, 15) is 9.59 Å². The fraction of sp³-hybridized carbons (Fsp3) is 0.778. The van der Waals surface area contributed by atoms with Crippen LogP contribution in [0.5, 0.6) is 0 Å². The lowest BCUT2D eigenvalue weighted by Gasteiger charge is -2.10. The van der Waals surface area contributed by atoms with Crippen LogP contribution in [0, 0.1) is 0 Å². The second kappa shape index (κ2) is 4.37. The number of Topliss-reactive ketones (excluding diaryl/α,β-unsaturated/α-hetero) is 1. The van der Waals surface area contributed by atoms with Crippen LogP contribution in [0.2, 0.25) is 0 Å². The molecule has 1 fully saturated rings. The number of hydrogen-bond acceptors (Lipinski definition) is 4. The first-order valence-electron chi connectivity index (χ1n) is 4.58. The molecule has 1 N–H and O–H groups in total. The molecule has 0 aromatic rings. The van der Waals surface area contributed by atoms with E-state index in [0.29, 0.717) is 13.0 Å². The molecule has 1 saturated heterocycles. The molecule has 0 amide bonds. The lowest BCUT2D eigenvalue weighted by atomic mass is 10.1. The third-order valence-corrected chi connectivity index (χ3v) is 2.21. The summed E-state index contributed by atoms with van der Waals surface area (Å²) < 4.78 is 4.84. The van der Waals surface area contributed by atoms with Gasteiger partial charge in [-0.25, -0.2) is 0 Å². The van der Waals surface area contributed by atoms with Crippen LogP contribution in [0.3, 0.4) is 0 Å². The summed E-state index contributed by atoms with van der Waals surface area (Å²) >= 11 is 0. The second-order valence-corrected chi connectivity index (χ2v) is 3.21. The first-order chi connectivity index (χ1) is 6.15. The number of ether oxygens (including phenoxy) is 1. The Labute approximate surface area is 77.6 Å². The van der Waals surface area contributed by atoms with Crippen LogP contribution < -0.4 is 5.32 Å². The topological polar surface area (TPSA) is 55.4 Å². The van der Waals surface area contributed by atoms with Crippen molar-refractivity contribution in [3.8, 4) is 0 Å². The highest BCUT2D eigenvalue weighted by Crippen LogP contribution is 2.13. The maximum absolute atomic E-state index is 11.2. The van der Waals surface area contributed by atoms with E-state index >= 15 is 0 Å². The van der Waals surface area contributed by atoms with Crippen molar-refractivity contribution >= 4 is 11.8 Å². The van der Waals surface area contributed by atoms with Crippen LogP contribution in [0.1, 0.15) is 26.7 Å². The summed E-state index contributed by atoms with van der Waals surface area (Å²) in [6.07, 6.45) is 1.43. The van der Waals surface area contributed by atoms with Gasteiger partial charge in [-0.05, 0) is 26.7 Å². The van der Waals surface area contributed by atoms with Crippen molar-refractivity contribution in [3.05, 3.63) is 0 Å². The van der Waals surface area contributed by atoms with Gasteiger partial charge in [0.2, 0.25) is 0 Å². The molecule has 74 valence electrons. The number of carbonyl (C=O) groups excluding carboxylic acids is 2. The molecule has 0 radical (unpaired) electrons. The fourth-order valence-electron chi connectivity index (χ4n) is 1.49. The predicted molar refractivity (Wildman–Crippen MR) is 47.3 cm³/mol. The molecule has 2 atom stereocenters. The van der Waals surface area contributed by atoms with Gasteiger partial charge in [0.05, 0.1) is 12.6 Å². The number of rotatable bonds is 3. The van der Waals surface area contributed by atoms with Crippen molar-refractivity contribution in [3.63, 3.8) is 0 Å². The monoisotopic (exact) mass is 185 g/mol. The van der Waals surface area contributed by atoms with E-state index in [0.717, 1.165) is 6.42 Å². The van der Waals surface area contributed by atoms with E-state index in [1.807, 2.05) is 0 Å². The van der Waals surface area contributed by atoms with Crippen molar-refractivity contribution in [1.82, 2.24) is 5.32 Å². The van der Waals surface area contributed by atoms with E-state index in [4.69, 9.17) is 4.74 Å². The van der Waals surface area contributed by atoms with Crippen LogP contribution in [-0.4, -0.2) is 30.4 Å². The molecule has 1 aliphatic heterocycles. The molecule has 0 aromatic carbocycles. The van der Waals surface area contributed by atoms with Crippen LogP contribution in [0.15, 0.2) is 0 Å². The van der Waals surface area contributed by atoms with Crippen molar-refractivity contribution in [1.29, 1.82) is 0 Å². The molecule has 0 aromatic heterocycles. The molecule has 0 unspecified atom stereocenters. The third kappa shape index (κ3) is 2.52. The van der Waals surface area contributed by atoms with Gasteiger partial charge >= 0.3 is 5.97 Å². The van der Waals surface area contributed by atoms with Crippen LogP contribution in [-0.2, 0) is 14.3 Å². The second-order valence-electron chi connectivity index (χ2n) is 3.21. The van der Waals surface area contributed by atoms with Gasteiger partial charge in [-0.1, -0.05) is 0 Å². The van der Waals surface area contributed by atoms with Crippen LogP contribution >= 0.6 is 0 Å². The predicted octanol–water partition coefficient (Wildman–Crippen LogP) is 0.259. The van der Waals surface area contributed by atoms with Crippen molar-refractivity contribution in [2.24, 2.45) is 0 Å². The molecule has 0 saturated carbocycles. The SMILES string of the molecule is CCOC(=O)[C@@H]1CC[C@H](C(C)=O)N1. The first kappa shape index (κ1) is 10.2. The fourth-order valence-corrected chi connectivity index (χ4v) is 1.49. The van der Waals surface area contributed by atoms with Gasteiger partial charge in [0, 0.05) is 0 Å². The van der Waals surface area contributed by atoms with Crippen molar-refractivity contribution < 1.29 is 14.3 Å². The maximum atomic E-state index is 11.2. The van der Waals surface area contributed by atoms with E-state index in [-0.39, 0.29) is 23.8 Å². The Morgan fingerprint density at radius 1 is 1.38 bits per heavy atom. The van der Waals surface area contributed by atoms with Gasteiger partial charge in [0.1, 0.15) is 11.8 Å². The number of ketones is 1. The molecule has 1 rings (SSSR count). The van der Waals surface area contributed by atoms with Gasteiger partial charge in [-0.3, -0.25) is 14.9 Å². The summed E-state index contributed by atoms with van der Waals surface area (Å²) in [4.78, 5) is 22.2. The van der Waals surface area contributed by atoms with Crippen LogP contribution in [0.4, 0.5) is 0 Å². The lowest BCUT2D eigenvalue weighted by molar-refractivity contribution is -0.145. The highest BCUT2D eigenvalue weighted by Gasteiger charge is 2.31. The zero-order chi connectivity index (χ0) is 9.84. The molecule has 0 bridgehead atoms. The first-order valence-corrected chi connectivity index (χ1v) is 4.58. The van der Waals surface area contributed by atoms with E-state index < -0.39 is 0 Å². The van der Waals surface area contributed by atoms with Gasteiger partial charge < -0.3 is 4.74 Å². The summed E-state index contributed by atoms with van der Waals surface area (Å²) in [5.41, 5.74) is 0. The molecular formula is C9H15NO3. The third-order valence-electron chi connectivity index (χ3n) is 2.21. The van der Waals surface area contributed by atoms with E-state index in [1.165, 1.54) is 6.92 Å². The largest absolute Gasteiger partial charge is 0.465 e. The molecule has 13 heavy (non-hydrogen) atoms. The lowest BCUT2D eigenvalue weighted by Crippen LogP contribution is -2.39. The Bertz CT molecular complexity index is 215. The number of hydrogen-bond donors (Lipinski definition) is 1. The summed E-state index contributed by atoms with van der Waals surface area (Å²) in [7, 11) is 0. The number of carbonyl (C=O) groups is 2. The minimum Gasteiger partial charge on any atom is -0.465 e. The summed E-state index contributed by atoms with van der Waals surface area (Å²) in [6, 6.07) is -0.441. The highest BCUT2D eigenvalue weighted by molar-refractivity contribution is 5.84. The Morgan fingerprint density at radius 3 is 2.46 bits per heavy atom. The Morgan fingerprint density at radius 2 is 2.00 bits per heavy atom. The quantitative estimate of drug-likeness (QED) is 0.641. The average Bonchev–Trinajstić information content (AvgIpc) is 2.52. The molecule has 4 nitrogen and oxygen atoms in total. The summed E-state index contributed by atoms with van der Waals surface area (Å²) in [5.74, 6) is -0.155. The van der Waals surface area contributed by atoms with Crippen molar-refractivity contribution in [2.45, 2.75) is 38.8 Å². The molecular weight excluding hydrogens is 170 g/mol. The standard InChI is InChI=1S/C9H15NO3/c1-3-13-9(12)8-5-4-7(10-8)6(2)11/h7-8,10H,3-5H2,1-2H3/t7-,8+/m1/s1. The van der Waals surface area contributed by atoms with E-state index in [2.05, 4.69) is 5.32 Å². The van der Waals surface area contributed by atoms with E-state index in [1.54, 1.807) is 6.92 Å². The molecule has 0 aliphatic carbocycles. The van der Waals surface area contributed by atoms with Crippen molar-refractivity contribution in [2.75, 3.05) is 6.61 Å². The Hall–Kier alpha value is -0.900. The Kier molecular flexibility index (Phi) is 3.42. The minimum absolute atomic E-state index is 0.0896. The summed E-state index contributed by atoms with van der Waals surface area (Å²) in [5, 5.41) is 2.95. The summed E-state index contributed by atoms with van der Waals surface area (Å²) in [6.45, 7) is 3.70. The number of nitrogens with one attached hydrogen (secondary N) is 1. The van der Waals surface area contributed by atoms with Gasteiger partial charge in [0.25, 0.3) is 0 Å². The van der Waals surface area contributed by atoms with Crippen LogP contribution in [0.25, 0.3) is 0 Å². The van der Waals surface area contributed by atoms with Gasteiger partial charge in [-0.2, -0.15) is 0 Å². The average molecular weight is 185 g/mol. The molecule has 1 aliphatic rings. The normalized spacial score (nSPS) is 27.2. The maximum Gasteiger partial charge on any atom is 0.323 e. The zero-order valence-electron chi connectivity index (χ0n) is 8.00. The molecule has 4 heteroatoms. The zero-order valence-corrected chi connectivity index (χ0v) is 8.00. The number of esters is 1. The van der Waals surface area contributed by atoms with Gasteiger partial charge in [0.15, 0.2) is 0 Å². The van der Waals surface area contributed by atoms with Gasteiger partial charge in [-0.15, -0.1) is 0 Å². The molecule has 0 spiro atoms. The minimum atomic E-state index is -0.283. The Balaban J connectivity index is 2.40. The molecule has 1 heterocycles. The highest BCUT2D eigenvalue weighted by atomic mass is 16.5.